The monoisotopic (exact) mass is 835 g/mol. The first-order chi connectivity index (χ1) is 29.0. The number of nitrogens with zero attached hydrogens (tertiary/aromatic N) is 1. The average Bonchev–Trinajstić information content (AvgIpc) is 3.89. The summed E-state index contributed by atoms with van der Waals surface area (Å²) in [5, 5.41) is 1.57. The van der Waals surface area contributed by atoms with Crippen LogP contribution in [0.25, 0.3) is 32.0 Å². The van der Waals surface area contributed by atoms with E-state index in [2.05, 4.69) is 19.6 Å². The van der Waals surface area contributed by atoms with E-state index in [1.54, 1.807) is 36.4 Å². The van der Waals surface area contributed by atoms with Crippen molar-refractivity contribution in [3.05, 3.63) is 78.4 Å². The van der Waals surface area contributed by atoms with Gasteiger partial charge in [0.1, 0.15) is 27.3 Å². The fraction of sp³-hybridized carbons (Fsp3) is 0.438. The number of fused-ring (bicyclic) bond motifs is 2. The number of unbranched alkanes of at least 4 members (excludes halogenated alkanes) is 3. The molecule has 5 aromatic rings. The molecule has 12 heteroatoms. The van der Waals surface area contributed by atoms with Crippen molar-refractivity contribution in [3.63, 3.8) is 0 Å². The van der Waals surface area contributed by atoms with Gasteiger partial charge in [0.15, 0.2) is 22.3 Å². The zero-order valence-corrected chi connectivity index (χ0v) is 35.4. The van der Waals surface area contributed by atoms with E-state index in [9.17, 15) is 19.2 Å². The van der Waals surface area contributed by atoms with Crippen molar-refractivity contribution in [2.24, 2.45) is 23.7 Å². The van der Waals surface area contributed by atoms with Crippen LogP contribution in [0.1, 0.15) is 95.1 Å². The molecule has 2 saturated carbocycles. The van der Waals surface area contributed by atoms with Gasteiger partial charge in [-0.05, 0) is 156 Å². The number of benzene rings is 3. The van der Waals surface area contributed by atoms with Gasteiger partial charge in [-0.2, -0.15) is 0 Å². The van der Waals surface area contributed by atoms with Gasteiger partial charge >= 0.3 is 23.9 Å². The lowest BCUT2D eigenvalue weighted by atomic mass is 9.82. The summed E-state index contributed by atoms with van der Waals surface area (Å²) in [4.78, 5) is 56.1. The van der Waals surface area contributed by atoms with Crippen LogP contribution in [-0.2, 0) is 23.9 Å². The number of hydrogen-bond donors (Lipinski definition) is 0. The van der Waals surface area contributed by atoms with Gasteiger partial charge in [0.25, 0.3) is 0 Å². The Kier molecular flexibility index (Phi) is 14.0. The molecule has 7 rings (SSSR count). The number of esters is 4. The standard InChI is InChI=1S/C48H53NO10S/c1-5-42(50)55-25-9-7-6-8-24-54-35-18-20-36(21-19-35)56-46(51)33-14-16-34(17-15-33)48(53)59-39-23-22-38(58-47(52)32-12-10-29(2)11-13-32)43-44(39)60-45(49-43)41-28-37-31(4)26-30(3)27-40(37)57-41/h5,18-23,26-29,32-34H,1,6-17,24-25H2,2-4H3. The summed E-state index contributed by atoms with van der Waals surface area (Å²) < 4.78 is 35.5. The molecule has 0 radical (unpaired) electrons. The predicted molar refractivity (Wildman–Crippen MR) is 229 cm³/mol. The molecule has 0 atom stereocenters. The smallest absolute Gasteiger partial charge is 0.330 e. The maximum absolute atomic E-state index is 13.7. The number of furan rings is 1. The van der Waals surface area contributed by atoms with E-state index in [-0.39, 0.29) is 29.7 Å². The molecule has 0 spiro atoms. The van der Waals surface area contributed by atoms with Crippen LogP contribution >= 0.6 is 11.3 Å². The lowest BCUT2D eigenvalue weighted by Crippen LogP contribution is -2.30. The molecule has 0 bridgehead atoms. The first-order valence-electron chi connectivity index (χ1n) is 21.2. The van der Waals surface area contributed by atoms with Gasteiger partial charge in [0.05, 0.1) is 31.0 Å². The number of aromatic nitrogens is 1. The van der Waals surface area contributed by atoms with Crippen LogP contribution in [0.3, 0.4) is 0 Å². The predicted octanol–water partition coefficient (Wildman–Crippen LogP) is 11.0. The molecule has 2 aliphatic rings. The molecular weight excluding hydrogens is 783 g/mol. The molecule has 2 heterocycles. The van der Waals surface area contributed by atoms with E-state index >= 15 is 0 Å². The first-order valence-corrected chi connectivity index (χ1v) is 22.0. The Hall–Kier alpha value is -5.49. The Morgan fingerprint density at radius 3 is 1.98 bits per heavy atom. The van der Waals surface area contributed by atoms with Crippen LogP contribution in [0.2, 0.25) is 0 Å². The van der Waals surface area contributed by atoms with Crippen LogP contribution in [0.4, 0.5) is 0 Å². The zero-order chi connectivity index (χ0) is 42.2. The Balaban J connectivity index is 0.944. The Labute approximate surface area is 354 Å². The molecule has 0 unspecified atom stereocenters. The Bertz CT molecular complexity index is 2330. The summed E-state index contributed by atoms with van der Waals surface area (Å²) in [5.41, 5.74) is 3.39. The first kappa shape index (κ1) is 42.6. The number of carbonyl (C=O) groups is 4. The maximum atomic E-state index is 13.7. The van der Waals surface area contributed by atoms with E-state index in [1.807, 2.05) is 26.0 Å². The van der Waals surface area contributed by atoms with Gasteiger partial charge in [-0.1, -0.05) is 19.6 Å². The molecule has 2 aliphatic carbocycles. The third kappa shape index (κ3) is 10.6. The second-order valence-electron chi connectivity index (χ2n) is 16.2. The van der Waals surface area contributed by atoms with Crippen molar-refractivity contribution in [3.8, 4) is 33.8 Å². The molecule has 2 fully saturated rings. The van der Waals surface area contributed by atoms with Gasteiger partial charge in [-0.3, -0.25) is 14.4 Å². The minimum absolute atomic E-state index is 0.164. The van der Waals surface area contributed by atoms with Crippen LogP contribution in [0.5, 0.6) is 23.0 Å². The van der Waals surface area contributed by atoms with Crippen molar-refractivity contribution in [1.29, 1.82) is 0 Å². The van der Waals surface area contributed by atoms with Crippen LogP contribution in [0, 0.1) is 37.5 Å². The van der Waals surface area contributed by atoms with Crippen LogP contribution in [0.15, 0.2) is 71.7 Å². The molecule has 0 N–H and O–H groups in total. The number of ether oxygens (including phenoxy) is 5. The second kappa shape index (κ2) is 19.7. The van der Waals surface area contributed by atoms with Gasteiger partial charge in [0, 0.05) is 11.5 Å². The van der Waals surface area contributed by atoms with Crippen molar-refractivity contribution >= 4 is 56.4 Å². The van der Waals surface area contributed by atoms with Gasteiger partial charge < -0.3 is 28.1 Å². The van der Waals surface area contributed by atoms with E-state index in [0.717, 1.165) is 79.5 Å². The molecule has 2 aromatic heterocycles. The van der Waals surface area contributed by atoms with Crippen LogP contribution < -0.4 is 18.9 Å². The van der Waals surface area contributed by atoms with Crippen molar-refractivity contribution in [2.75, 3.05) is 13.2 Å². The van der Waals surface area contributed by atoms with Gasteiger partial charge in [-0.15, -0.1) is 11.3 Å². The van der Waals surface area contributed by atoms with Crippen molar-refractivity contribution < 1.29 is 47.3 Å². The maximum Gasteiger partial charge on any atom is 0.330 e. The van der Waals surface area contributed by atoms with Gasteiger partial charge in [-0.25, -0.2) is 9.78 Å². The summed E-state index contributed by atoms with van der Waals surface area (Å²) in [5.74, 6) is 0.713. The van der Waals surface area contributed by atoms with Crippen molar-refractivity contribution in [2.45, 2.75) is 97.8 Å². The summed E-state index contributed by atoms with van der Waals surface area (Å²) in [6.45, 7) is 10.6. The van der Waals surface area contributed by atoms with E-state index < -0.39 is 11.9 Å². The summed E-state index contributed by atoms with van der Waals surface area (Å²) >= 11 is 1.33. The molecule has 3 aromatic carbocycles. The highest BCUT2D eigenvalue weighted by Crippen LogP contribution is 2.43. The lowest BCUT2D eigenvalue weighted by molar-refractivity contribution is -0.145. The number of carbonyl (C=O) groups excluding carboxylic acids is 4. The minimum atomic E-state index is -0.401. The molecule has 0 saturated heterocycles. The topological polar surface area (TPSA) is 140 Å². The summed E-state index contributed by atoms with van der Waals surface area (Å²) in [7, 11) is 0. The summed E-state index contributed by atoms with van der Waals surface area (Å²) in [6.07, 6.45) is 10.2. The van der Waals surface area contributed by atoms with E-state index in [4.69, 9.17) is 33.1 Å². The van der Waals surface area contributed by atoms with Crippen molar-refractivity contribution in [1.82, 2.24) is 4.98 Å². The number of hydrogen-bond acceptors (Lipinski definition) is 12. The Morgan fingerprint density at radius 1 is 0.733 bits per heavy atom. The normalized spacial score (nSPS) is 19.1. The Morgan fingerprint density at radius 2 is 1.32 bits per heavy atom. The molecule has 0 aliphatic heterocycles. The third-order valence-corrected chi connectivity index (χ3v) is 12.7. The minimum Gasteiger partial charge on any atom is -0.494 e. The molecule has 316 valence electrons. The second-order valence-corrected chi connectivity index (χ2v) is 17.2. The lowest BCUT2D eigenvalue weighted by Gasteiger charge is -2.26. The number of thiazole rings is 1. The highest BCUT2D eigenvalue weighted by Gasteiger charge is 2.33. The largest absolute Gasteiger partial charge is 0.494 e. The molecular formula is C48H53NO10S. The quantitative estimate of drug-likeness (QED) is 0.0406. The molecule has 0 amide bonds. The fourth-order valence-electron chi connectivity index (χ4n) is 8.05. The zero-order valence-electron chi connectivity index (χ0n) is 34.6. The third-order valence-electron chi connectivity index (χ3n) is 11.6. The number of rotatable bonds is 16. The van der Waals surface area contributed by atoms with E-state index in [0.29, 0.717) is 88.8 Å². The molecule has 60 heavy (non-hydrogen) atoms. The number of aryl methyl sites for hydroxylation is 2. The van der Waals surface area contributed by atoms with Crippen LogP contribution in [-0.4, -0.2) is 42.1 Å². The SMILES string of the molecule is C=CC(=O)OCCCCCCOc1ccc(OC(=O)C2CCC(C(=O)Oc3ccc(OC(=O)C4CCC(C)CC4)c4nc(-c5cc6c(C)cc(C)cc6o5)sc34)CC2)cc1. The average molecular weight is 836 g/mol. The highest BCUT2D eigenvalue weighted by molar-refractivity contribution is 7.22. The van der Waals surface area contributed by atoms with Gasteiger partial charge in [0.2, 0.25) is 0 Å². The molecule has 11 nitrogen and oxygen atoms in total. The van der Waals surface area contributed by atoms with E-state index in [1.165, 1.54) is 11.3 Å². The summed E-state index contributed by atoms with van der Waals surface area (Å²) in [6, 6.07) is 16.4. The fourth-order valence-corrected chi connectivity index (χ4v) is 9.03. The highest BCUT2D eigenvalue weighted by atomic mass is 32.1.